The van der Waals surface area contributed by atoms with Crippen molar-refractivity contribution >= 4 is 0 Å². The number of rotatable bonds is 5. The second-order valence-corrected chi connectivity index (χ2v) is 2.88. The summed E-state index contributed by atoms with van der Waals surface area (Å²) in [6.45, 7) is 4.31. The van der Waals surface area contributed by atoms with Gasteiger partial charge in [-0.15, -0.1) is 0 Å². The molecule has 0 bridgehead atoms. The summed E-state index contributed by atoms with van der Waals surface area (Å²) in [6.07, 6.45) is 4.54. The number of hydrogen-bond donors (Lipinski definition) is 1. The van der Waals surface area contributed by atoms with Crippen molar-refractivity contribution in [3.63, 3.8) is 0 Å². The van der Waals surface area contributed by atoms with E-state index in [-0.39, 0.29) is 5.83 Å². The maximum absolute atomic E-state index is 12.2. The molecule has 0 aromatic heterocycles. The van der Waals surface area contributed by atoms with Crippen LogP contribution in [0.3, 0.4) is 0 Å². The van der Waals surface area contributed by atoms with Gasteiger partial charge in [-0.25, -0.2) is 4.39 Å². The van der Waals surface area contributed by atoms with Crippen molar-refractivity contribution in [1.82, 2.24) is 0 Å². The van der Waals surface area contributed by atoms with E-state index in [1.807, 2.05) is 0 Å². The van der Waals surface area contributed by atoms with Crippen molar-refractivity contribution in [1.29, 1.82) is 0 Å². The molecular weight excluding hydrogens is 141 g/mol. The van der Waals surface area contributed by atoms with E-state index in [9.17, 15) is 4.39 Å². The van der Waals surface area contributed by atoms with E-state index in [1.54, 1.807) is 6.08 Å². The topological polar surface area (TPSA) is 26.0 Å². The first-order chi connectivity index (χ1) is 5.20. The fourth-order valence-corrected chi connectivity index (χ4v) is 1.01. The molecule has 0 aromatic carbocycles. The van der Waals surface area contributed by atoms with Crippen molar-refractivity contribution in [2.24, 2.45) is 11.7 Å². The molecule has 2 N–H and O–H groups in total. The van der Waals surface area contributed by atoms with Crippen LogP contribution >= 0.6 is 0 Å². The zero-order valence-corrected chi connectivity index (χ0v) is 7.44. The standard InChI is InChI=1S/C9H18FN/c1-3-9(7-11)6-4-5-8(2)10/h5,9H,3-4,6-7,11H2,1-2H3/b8-5+. The quantitative estimate of drug-likeness (QED) is 0.655. The van der Waals surface area contributed by atoms with Crippen LogP contribution in [0.15, 0.2) is 11.9 Å². The van der Waals surface area contributed by atoms with Gasteiger partial charge in [0.05, 0.1) is 5.83 Å². The highest BCUT2D eigenvalue weighted by atomic mass is 19.1. The molecule has 0 aliphatic heterocycles. The van der Waals surface area contributed by atoms with Crippen molar-refractivity contribution in [2.45, 2.75) is 33.1 Å². The van der Waals surface area contributed by atoms with E-state index in [1.165, 1.54) is 6.92 Å². The molecule has 0 rings (SSSR count). The molecule has 0 aromatic rings. The average Bonchev–Trinajstić information content (AvgIpc) is 1.98. The minimum Gasteiger partial charge on any atom is -0.330 e. The predicted molar refractivity (Wildman–Crippen MR) is 46.9 cm³/mol. The molecule has 0 amide bonds. The van der Waals surface area contributed by atoms with E-state index >= 15 is 0 Å². The monoisotopic (exact) mass is 159 g/mol. The minimum absolute atomic E-state index is 0.0862. The molecule has 2 heteroatoms. The largest absolute Gasteiger partial charge is 0.330 e. The molecule has 66 valence electrons. The molecule has 0 saturated carbocycles. The fraction of sp³-hybridized carbons (Fsp3) is 0.778. The van der Waals surface area contributed by atoms with Gasteiger partial charge in [0, 0.05) is 0 Å². The smallest absolute Gasteiger partial charge is 0.0928 e. The van der Waals surface area contributed by atoms with Crippen LogP contribution in [0.2, 0.25) is 0 Å². The Labute approximate surface area is 68.5 Å². The zero-order valence-electron chi connectivity index (χ0n) is 7.44. The summed E-state index contributed by atoms with van der Waals surface area (Å²) in [5, 5.41) is 0. The minimum atomic E-state index is -0.0862. The van der Waals surface area contributed by atoms with Crippen LogP contribution in [0.1, 0.15) is 33.1 Å². The molecule has 1 nitrogen and oxygen atoms in total. The van der Waals surface area contributed by atoms with Gasteiger partial charge in [0.1, 0.15) is 0 Å². The van der Waals surface area contributed by atoms with Gasteiger partial charge >= 0.3 is 0 Å². The first-order valence-electron chi connectivity index (χ1n) is 4.23. The first kappa shape index (κ1) is 10.6. The second-order valence-electron chi connectivity index (χ2n) is 2.88. The third kappa shape index (κ3) is 6.05. The van der Waals surface area contributed by atoms with E-state index in [2.05, 4.69) is 6.92 Å². The van der Waals surface area contributed by atoms with Crippen molar-refractivity contribution in [2.75, 3.05) is 6.54 Å². The molecule has 11 heavy (non-hydrogen) atoms. The Bertz CT molecular complexity index is 113. The Hall–Kier alpha value is -0.370. The van der Waals surface area contributed by atoms with Gasteiger partial charge in [-0.05, 0) is 32.2 Å². The van der Waals surface area contributed by atoms with Gasteiger partial charge in [-0.3, -0.25) is 0 Å². The summed E-state index contributed by atoms with van der Waals surface area (Å²) < 4.78 is 12.2. The number of nitrogens with two attached hydrogens (primary N) is 1. The average molecular weight is 159 g/mol. The third-order valence-corrected chi connectivity index (χ3v) is 1.91. The molecule has 1 atom stereocenters. The SMILES string of the molecule is CCC(CN)CC/C=C(\C)F. The lowest BCUT2D eigenvalue weighted by Gasteiger charge is -2.08. The molecule has 0 aliphatic carbocycles. The summed E-state index contributed by atoms with van der Waals surface area (Å²) in [7, 11) is 0. The number of halogens is 1. The highest BCUT2D eigenvalue weighted by Gasteiger charge is 2.01. The molecule has 0 saturated heterocycles. The molecule has 1 unspecified atom stereocenters. The van der Waals surface area contributed by atoms with Crippen molar-refractivity contribution in [3.8, 4) is 0 Å². The molecule has 0 radical (unpaired) electrons. The van der Waals surface area contributed by atoms with E-state index in [4.69, 9.17) is 5.73 Å². The van der Waals surface area contributed by atoms with Crippen LogP contribution in [-0.4, -0.2) is 6.54 Å². The molecule has 0 heterocycles. The van der Waals surface area contributed by atoms with Crippen LogP contribution in [-0.2, 0) is 0 Å². The lowest BCUT2D eigenvalue weighted by molar-refractivity contribution is 0.482. The lowest BCUT2D eigenvalue weighted by Crippen LogP contribution is -2.12. The highest BCUT2D eigenvalue weighted by molar-refractivity contribution is 4.86. The Balaban J connectivity index is 3.43. The summed E-state index contributed by atoms with van der Waals surface area (Å²) >= 11 is 0. The third-order valence-electron chi connectivity index (χ3n) is 1.91. The predicted octanol–water partition coefficient (Wildman–Crippen LogP) is 2.62. The fourth-order valence-electron chi connectivity index (χ4n) is 1.01. The second kappa shape index (κ2) is 6.35. The van der Waals surface area contributed by atoms with E-state index in [0.717, 1.165) is 25.8 Å². The van der Waals surface area contributed by atoms with E-state index in [0.29, 0.717) is 5.92 Å². The summed E-state index contributed by atoms with van der Waals surface area (Å²) in [4.78, 5) is 0. The van der Waals surface area contributed by atoms with Crippen LogP contribution in [0.4, 0.5) is 4.39 Å². The maximum atomic E-state index is 12.2. The molecule has 0 spiro atoms. The molecule has 0 aliphatic rings. The zero-order chi connectivity index (χ0) is 8.69. The van der Waals surface area contributed by atoms with E-state index < -0.39 is 0 Å². The highest BCUT2D eigenvalue weighted by Crippen LogP contribution is 2.10. The summed E-state index contributed by atoms with van der Waals surface area (Å²) in [5.74, 6) is 0.475. The van der Waals surface area contributed by atoms with Gasteiger partial charge in [0.25, 0.3) is 0 Å². The normalized spacial score (nSPS) is 15.1. The summed E-state index contributed by atoms with van der Waals surface area (Å²) in [6, 6.07) is 0. The molecular formula is C9H18FN. The number of hydrogen-bond acceptors (Lipinski definition) is 1. The van der Waals surface area contributed by atoms with Gasteiger partial charge < -0.3 is 5.73 Å². The van der Waals surface area contributed by atoms with Crippen molar-refractivity contribution in [3.05, 3.63) is 11.9 Å². The Kier molecular flexibility index (Phi) is 6.13. The summed E-state index contributed by atoms with van der Waals surface area (Å²) in [5.41, 5.74) is 5.49. The number of allylic oxidation sites excluding steroid dienone is 2. The Morgan fingerprint density at radius 1 is 1.64 bits per heavy atom. The van der Waals surface area contributed by atoms with Gasteiger partial charge in [-0.1, -0.05) is 19.4 Å². The van der Waals surface area contributed by atoms with Crippen LogP contribution in [0, 0.1) is 5.92 Å². The van der Waals surface area contributed by atoms with Crippen LogP contribution in [0.5, 0.6) is 0 Å². The Morgan fingerprint density at radius 3 is 2.64 bits per heavy atom. The van der Waals surface area contributed by atoms with Gasteiger partial charge in [0.2, 0.25) is 0 Å². The van der Waals surface area contributed by atoms with Gasteiger partial charge in [-0.2, -0.15) is 0 Å². The maximum Gasteiger partial charge on any atom is 0.0928 e. The Morgan fingerprint density at radius 2 is 2.27 bits per heavy atom. The van der Waals surface area contributed by atoms with Gasteiger partial charge in [0.15, 0.2) is 0 Å². The molecule has 0 fully saturated rings. The lowest BCUT2D eigenvalue weighted by atomic mass is 10.0. The van der Waals surface area contributed by atoms with Crippen molar-refractivity contribution < 1.29 is 4.39 Å². The van der Waals surface area contributed by atoms with Crippen LogP contribution < -0.4 is 5.73 Å². The first-order valence-corrected chi connectivity index (χ1v) is 4.23. The van der Waals surface area contributed by atoms with Crippen LogP contribution in [0.25, 0.3) is 0 Å².